The Morgan fingerprint density at radius 1 is 1.28 bits per heavy atom. The fourth-order valence-corrected chi connectivity index (χ4v) is 3.69. The molecule has 1 N–H and O–H groups in total. The van der Waals surface area contributed by atoms with Crippen LogP contribution in [0, 0.1) is 21.4 Å². The number of nitriles is 1. The van der Waals surface area contributed by atoms with Crippen molar-refractivity contribution in [3.05, 3.63) is 85.7 Å². The lowest BCUT2D eigenvalue weighted by Gasteiger charge is -2.03. The standard InChI is InChI=1S/C22H14N4O5S/c1-30-17-5-2-15(3-6-17)24-11-14(10-23)21-25-19(12-32-21)18-9-13-8-16(26(28)29)4-7-20(13)31-22(18)27/h2-9,11-12,24H,1H3/b14-11-. The van der Waals surface area contributed by atoms with Gasteiger partial charge < -0.3 is 14.5 Å². The molecule has 0 amide bonds. The van der Waals surface area contributed by atoms with Gasteiger partial charge in [0.15, 0.2) is 0 Å². The van der Waals surface area contributed by atoms with Gasteiger partial charge in [0.05, 0.1) is 23.3 Å². The summed E-state index contributed by atoms with van der Waals surface area (Å²) in [5.74, 6) is 0.712. The van der Waals surface area contributed by atoms with E-state index in [2.05, 4.69) is 16.4 Å². The first-order chi connectivity index (χ1) is 15.5. The molecule has 32 heavy (non-hydrogen) atoms. The summed E-state index contributed by atoms with van der Waals surface area (Å²) in [6.07, 6.45) is 1.52. The van der Waals surface area contributed by atoms with Crippen molar-refractivity contribution in [2.24, 2.45) is 0 Å². The Bertz CT molecular complexity index is 1450. The van der Waals surface area contributed by atoms with Gasteiger partial charge in [-0.1, -0.05) is 0 Å². The van der Waals surface area contributed by atoms with Crippen molar-refractivity contribution in [1.82, 2.24) is 4.98 Å². The van der Waals surface area contributed by atoms with Crippen LogP contribution in [0.2, 0.25) is 0 Å². The van der Waals surface area contributed by atoms with Crippen LogP contribution in [-0.2, 0) is 0 Å². The number of thiazole rings is 1. The zero-order chi connectivity index (χ0) is 22.7. The summed E-state index contributed by atoms with van der Waals surface area (Å²) in [6, 6.07) is 14.7. The lowest BCUT2D eigenvalue weighted by Crippen LogP contribution is -2.03. The second-order valence-electron chi connectivity index (χ2n) is 6.51. The Balaban J connectivity index is 1.65. The molecular weight excluding hydrogens is 432 g/mol. The number of anilines is 1. The number of nitro groups is 1. The predicted molar refractivity (Wildman–Crippen MR) is 120 cm³/mol. The van der Waals surface area contributed by atoms with Crippen LogP contribution in [0.1, 0.15) is 5.01 Å². The Morgan fingerprint density at radius 3 is 2.75 bits per heavy atom. The maximum Gasteiger partial charge on any atom is 0.345 e. The molecule has 0 aliphatic rings. The van der Waals surface area contributed by atoms with E-state index in [0.717, 1.165) is 5.69 Å². The first-order valence-electron chi connectivity index (χ1n) is 9.18. The molecule has 2 aromatic carbocycles. The Morgan fingerprint density at radius 2 is 2.06 bits per heavy atom. The molecule has 4 rings (SSSR count). The van der Waals surface area contributed by atoms with Crippen molar-refractivity contribution in [3.63, 3.8) is 0 Å². The molecule has 0 saturated heterocycles. The third kappa shape index (κ3) is 4.19. The van der Waals surface area contributed by atoms with E-state index >= 15 is 0 Å². The molecule has 0 radical (unpaired) electrons. The number of allylic oxidation sites excluding steroid dienone is 1. The summed E-state index contributed by atoms with van der Waals surface area (Å²) in [5, 5.41) is 26.0. The SMILES string of the molecule is COc1ccc(N/C=C(/C#N)c2nc(-c3cc4cc([N+](=O)[O-])ccc4oc3=O)cs2)cc1. The lowest BCUT2D eigenvalue weighted by atomic mass is 10.1. The van der Waals surface area contributed by atoms with Crippen LogP contribution in [0.4, 0.5) is 11.4 Å². The van der Waals surface area contributed by atoms with Gasteiger partial charge in [-0.05, 0) is 36.4 Å². The smallest absolute Gasteiger partial charge is 0.345 e. The average Bonchev–Trinajstić information content (AvgIpc) is 3.29. The van der Waals surface area contributed by atoms with E-state index < -0.39 is 10.5 Å². The van der Waals surface area contributed by atoms with Crippen LogP contribution in [0.5, 0.6) is 5.75 Å². The largest absolute Gasteiger partial charge is 0.497 e. The number of ether oxygens (including phenoxy) is 1. The van der Waals surface area contributed by atoms with E-state index in [-0.39, 0.29) is 22.4 Å². The molecule has 0 spiro atoms. The highest BCUT2D eigenvalue weighted by Gasteiger charge is 2.15. The second-order valence-corrected chi connectivity index (χ2v) is 7.37. The zero-order valence-electron chi connectivity index (χ0n) is 16.6. The van der Waals surface area contributed by atoms with E-state index in [1.54, 1.807) is 36.8 Å². The molecule has 0 aliphatic heterocycles. The maximum absolute atomic E-state index is 12.4. The summed E-state index contributed by atoms with van der Waals surface area (Å²) in [4.78, 5) is 27.3. The fraction of sp³-hybridized carbons (Fsp3) is 0.0455. The van der Waals surface area contributed by atoms with Gasteiger partial charge in [-0.25, -0.2) is 9.78 Å². The van der Waals surface area contributed by atoms with Crippen molar-refractivity contribution in [2.75, 3.05) is 12.4 Å². The molecule has 4 aromatic rings. The molecule has 0 saturated carbocycles. The van der Waals surface area contributed by atoms with Gasteiger partial charge in [0.2, 0.25) is 0 Å². The van der Waals surface area contributed by atoms with E-state index in [9.17, 15) is 20.2 Å². The number of methoxy groups -OCH3 is 1. The molecule has 2 aromatic heterocycles. The quantitative estimate of drug-likeness (QED) is 0.193. The van der Waals surface area contributed by atoms with E-state index in [1.165, 1.54) is 41.8 Å². The molecule has 10 heteroatoms. The minimum Gasteiger partial charge on any atom is -0.497 e. The van der Waals surface area contributed by atoms with E-state index in [1.807, 2.05) is 0 Å². The second kappa shape index (κ2) is 8.71. The van der Waals surface area contributed by atoms with Gasteiger partial charge >= 0.3 is 5.63 Å². The molecule has 0 atom stereocenters. The Hall–Kier alpha value is -4.49. The average molecular weight is 446 g/mol. The number of non-ortho nitro benzene ring substituents is 1. The zero-order valence-corrected chi connectivity index (χ0v) is 17.4. The first kappa shape index (κ1) is 20.8. The molecule has 158 valence electrons. The monoisotopic (exact) mass is 446 g/mol. The number of nitrogens with zero attached hydrogens (tertiary/aromatic N) is 3. The highest BCUT2D eigenvalue weighted by molar-refractivity contribution is 7.11. The van der Waals surface area contributed by atoms with Crippen molar-refractivity contribution < 1.29 is 14.1 Å². The van der Waals surface area contributed by atoms with Crippen LogP contribution in [-0.4, -0.2) is 17.0 Å². The molecule has 0 unspecified atom stereocenters. The molecule has 2 heterocycles. The van der Waals surface area contributed by atoms with Crippen LogP contribution in [0.3, 0.4) is 0 Å². The van der Waals surface area contributed by atoms with Crippen LogP contribution in [0.25, 0.3) is 27.8 Å². The van der Waals surface area contributed by atoms with Crippen LogP contribution >= 0.6 is 11.3 Å². The molecule has 9 nitrogen and oxygen atoms in total. The van der Waals surface area contributed by atoms with E-state index in [0.29, 0.717) is 21.8 Å². The highest BCUT2D eigenvalue weighted by atomic mass is 32.1. The first-order valence-corrected chi connectivity index (χ1v) is 10.1. The number of nitrogens with one attached hydrogen (secondary N) is 1. The van der Waals surface area contributed by atoms with Gasteiger partial charge in [-0.2, -0.15) is 5.26 Å². The number of nitro benzene ring substituents is 1. The molecule has 0 bridgehead atoms. The van der Waals surface area contributed by atoms with Crippen molar-refractivity contribution in [1.29, 1.82) is 5.26 Å². The summed E-state index contributed by atoms with van der Waals surface area (Å²) in [6.45, 7) is 0. The highest BCUT2D eigenvalue weighted by Crippen LogP contribution is 2.28. The number of hydrogen-bond donors (Lipinski definition) is 1. The topological polar surface area (TPSA) is 131 Å². The number of fused-ring (bicyclic) bond motifs is 1. The fourth-order valence-electron chi connectivity index (χ4n) is 2.91. The number of rotatable bonds is 6. The number of benzene rings is 2. The number of aromatic nitrogens is 1. The van der Waals surface area contributed by atoms with Gasteiger partial charge in [-0.15, -0.1) is 11.3 Å². The minimum atomic E-state index is -0.623. The van der Waals surface area contributed by atoms with Gasteiger partial charge in [-0.3, -0.25) is 10.1 Å². The minimum absolute atomic E-state index is 0.115. The van der Waals surface area contributed by atoms with Crippen molar-refractivity contribution in [3.8, 4) is 23.1 Å². The van der Waals surface area contributed by atoms with Gasteiger partial charge in [0.25, 0.3) is 5.69 Å². The third-order valence-corrected chi connectivity index (χ3v) is 5.41. The summed E-state index contributed by atoms with van der Waals surface area (Å²) >= 11 is 1.19. The summed E-state index contributed by atoms with van der Waals surface area (Å²) in [7, 11) is 1.58. The Labute approximate surface area is 185 Å². The normalized spacial score (nSPS) is 11.2. The third-order valence-electron chi connectivity index (χ3n) is 4.53. The summed E-state index contributed by atoms with van der Waals surface area (Å²) in [5.41, 5.74) is 1.00. The molecule has 0 aliphatic carbocycles. The predicted octanol–water partition coefficient (Wildman–Crippen LogP) is 4.81. The van der Waals surface area contributed by atoms with E-state index in [4.69, 9.17) is 9.15 Å². The summed E-state index contributed by atoms with van der Waals surface area (Å²) < 4.78 is 10.4. The van der Waals surface area contributed by atoms with Crippen LogP contribution in [0.15, 0.2) is 69.3 Å². The molecular formula is C22H14N4O5S. The number of hydrogen-bond acceptors (Lipinski definition) is 9. The van der Waals surface area contributed by atoms with Gasteiger partial charge in [0, 0.05) is 34.8 Å². The van der Waals surface area contributed by atoms with Crippen molar-refractivity contribution >= 4 is 39.3 Å². The van der Waals surface area contributed by atoms with Gasteiger partial charge in [0.1, 0.15) is 28.0 Å². The maximum atomic E-state index is 12.4. The van der Waals surface area contributed by atoms with Crippen molar-refractivity contribution in [2.45, 2.75) is 0 Å². The van der Waals surface area contributed by atoms with Crippen LogP contribution < -0.4 is 15.7 Å². The Kier molecular flexibility index (Phi) is 5.65. The lowest BCUT2D eigenvalue weighted by molar-refractivity contribution is -0.384. The molecule has 0 fully saturated rings.